The van der Waals surface area contributed by atoms with Gasteiger partial charge in [-0.25, -0.2) is 9.37 Å². The van der Waals surface area contributed by atoms with Crippen LogP contribution in [0.25, 0.3) is 0 Å². The SMILES string of the molecule is O=C(CNC(=O)c1ccccc1F)NCc1cscn1. The number of halogens is 1. The molecule has 2 amide bonds. The molecule has 2 rings (SSSR count). The summed E-state index contributed by atoms with van der Waals surface area (Å²) in [6.45, 7) is 0.0925. The number of hydrogen-bond donors (Lipinski definition) is 2. The Morgan fingerprint density at radius 3 is 2.75 bits per heavy atom. The lowest BCUT2D eigenvalue weighted by molar-refractivity contribution is -0.120. The van der Waals surface area contributed by atoms with Gasteiger partial charge in [-0.3, -0.25) is 9.59 Å². The molecule has 0 bridgehead atoms. The molecule has 7 heteroatoms. The van der Waals surface area contributed by atoms with Crippen LogP contribution in [0.15, 0.2) is 35.2 Å². The van der Waals surface area contributed by atoms with Gasteiger partial charge in [0.25, 0.3) is 5.91 Å². The Bertz CT molecular complexity index is 601. The molecule has 1 aromatic carbocycles. The predicted molar refractivity (Wildman–Crippen MR) is 72.7 cm³/mol. The Balaban J connectivity index is 1.78. The van der Waals surface area contributed by atoms with Gasteiger partial charge in [0.15, 0.2) is 0 Å². The number of thiazole rings is 1. The maximum atomic E-state index is 13.3. The van der Waals surface area contributed by atoms with Crippen LogP contribution in [0.1, 0.15) is 16.1 Å². The second-order valence-corrected chi connectivity index (χ2v) is 4.64. The molecule has 20 heavy (non-hydrogen) atoms. The zero-order valence-electron chi connectivity index (χ0n) is 10.4. The van der Waals surface area contributed by atoms with Gasteiger partial charge >= 0.3 is 0 Å². The minimum atomic E-state index is -0.619. The fourth-order valence-corrected chi connectivity index (χ4v) is 2.04. The van der Waals surface area contributed by atoms with Crippen molar-refractivity contribution in [3.63, 3.8) is 0 Å². The molecule has 0 aliphatic heterocycles. The van der Waals surface area contributed by atoms with E-state index in [4.69, 9.17) is 0 Å². The lowest BCUT2D eigenvalue weighted by Gasteiger charge is -2.06. The molecule has 1 heterocycles. The van der Waals surface area contributed by atoms with Crippen molar-refractivity contribution in [3.8, 4) is 0 Å². The van der Waals surface area contributed by atoms with Crippen molar-refractivity contribution in [2.24, 2.45) is 0 Å². The molecule has 0 atom stereocenters. The second-order valence-electron chi connectivity index (χ2n) is 3.92. The number of hydrogen-bond acceptors (Lipinski definition) is 4. The van der Waals surface area contributed by atoms with Crippen molar-refractivity contribution < 1.29 is 14.0 Å². The molecule has 0 aliphatic carbocycles. The second kappa shape index (κ2) is 6.76. The summed E-state index contributed by atoms with van der Waals surface area (Å²) in [6.07, 6.45) is 0. The van der Waals surface area contributed by atoms with Crippen molar-refractivity contribution in [1.29, 1.82) is 0 Å². The largest absolute Gasteiger partial charge is 0.349 e. The van der Waals surface area contributed by atoms with Gasteiger partial charge in [0.1, 0.15) is 5.82 Å². The number of nitrogens with zero attached hydrogens (tertiary/aromatic N) is 1. The molecule has 0 aliphatic rings. The number of nitrogens with one attached hydrogen (secondary N) is 2. The molecular formula is C13H12FN3O2S. The zero-order chi connectivity index (χ0) is 14.4. The van der Waals surface area contributed by atoms with Gasteiger partial charge in [-0.15, -0.1) is 11.3 Å². The molecule has 0 fully saturated rings. The number of rotatable bonds is 5. The third-order valence-corrected chi connectivity index (χ3v) is 3.11. The van der Waals surface area contributed by atoms with Gasteiger partial charge in [-0.05, 0) is 12.1 Å². The quantitative estimate of drug-likeness (QED) is 0.873. The summed E-state index contributed by atoms with van der Waals surface area (Å²) in [4.78, 5) is 27.2. The molecule has 2 N–H and O–H groups in total. The highest BCUT2D eigenvalue weighted by Crippen LogP contribution is 2.05. The third kappa shape index (κ3) is 3.86. The summed E-state index contributed by atoms with van der Waals surface area (Å²) < 4.78 is 13.3. The van der Waals surface area contributed by atoms with Gasteiger partial charge < -0.3 is 10.6 Å². The van der Waals surface area contributed by atoms with E-state index in [1.807, 2.05) is 5.38 Å². The number of carbonyl (C=O) groups is 2. The van der Waals surface area contributed by atoms with Crippen LogP contribution in [0, 0.1) is 5.82 Å². The molecule has 0 radical (unpaired) electrons. The number of aromatic nitrogens is 1. The summed E-state index contributed by atoms with van der Waals surface area (Å²) in [6, 6.07) is 5.60. The summed E-state index contributed by atoms with van der Waals surface area (Å²) in [5.74, 6) is -1.59. The number of amides is 2. The fraction of sp³-hybridized carbons (Fsp3) is 0.154. The summed E-state index contributed by atoms with van der Waals surface area (Å²) in [5, 5.41) is 6.78. The van der Waals surface area contributed by atoms with Gasteiger partial charge in [0, 0.05) is 5.38 Å². The standard InChI is InChI=1S/C13H12FN3O2S/c14-11-4-2-1-3-10(11)13(19)16-6-12(18)15-5-9-7-20-8-17-9/h1-4,7-8H,5-6H2,(H,15,18)(H,16,19). The van der Waals surface area contributed by atoms with E-state index in [9.17, 15) is 14.0 Å². The van der Waals surface area contributed by atoms with Crippen molar-refractivity contribution in [1.82, 2.24) is 15.6 Å². The highest BCUT2D eigenvalue weighted by Gasteiger charge is 2.11. The molecule has 0 unspecified atom stereocenters. The Morgan fingerprint density at radius 1 is 1.25 bits per heavy atom. The third-order valence-electron chi connectivity index (χ3n) is 2.48. The molecule has 5 nitrogen and oxygen atoms in total. The van der Waals surface area contributed by atoms with Gasteiger partial charge in [-0.1, -0.05) is 12.1 Å². The Hall–Kier alpha value is -2.28. The summed E-state index contributed by atoms with van der Waals surface area (Å²) in [7, 11) is 0. The fourth-order valence-electron chi connectivity index (χ4n) is 1.48. The lowest BCUT2D eigenvalue weighted by atomic mass is 10.2. The van der Waals surface area contributed by atoms with E-state index >= 15 is 0 Å². The van der Waals surface area contributed by atoms with E-state index in [0.29, 0.717) is 6.54 Å². The van der Waals surface area contributed by atoms with E-state index in [0.717, 1.165) is 5.69 Å². The Labute approximate surface area is 118 Å². The molecule has 0 spiro atoms. The highest BCUT2D eigenvalue weighted by molar-refractivity contribution is 7.07. The lowest BCUT2D eigenvalue weighted by Crippen LogP contribution is -2.36. The zero-order valence-corrected chi connectivity index (χ0v) is 11.2. The van der Waals surface area contributed by atoms with E-state index in [1.165, 1.54) is 29.5 Å². The van der Waals surface area contributed by atoms with Crippen LogP contribution >= 0.6 is 11.3 Å². The maximum Gasteiger partial charge on any atom is 0.254 e. The van der Waals surface area contributed by atoms with E-state index in [-0.39, 0.29) is 18.0 Å². The first-order chi connectivity index (χ1) is 9.66. The van der Waals surface area contributed by atoms with Crippen LogP contribution in [0.4, 0.5) is 4.39 Å². The van der Waals surface area contributed by atoms with Crippen LogP contribution in [-0.2, 0) is 11.3 Å². The average Bonchev–Trinajstić information content (AvgIpc) is 2.96. The van der Waals surface area contributed by atoms with Crippen molar-refractivity contribution >= 4 is 23.2 Å². The Morgan fingerprint density at radius 2 is 2.05 bits per heavy atom. The van der Waals surface area contributed by atoms with Crippen molar-refractivity contribution in [2.45, 2.75) is 6.54 Å². The molecule has 104 valence electrons. The minimum absolute atomic E-state index is 0.0835. The van der Waals surface area contributed by atoms with Gasteiger partial charge in [-0.2, -0.15) is 0 Å². The monoisotopic (exact) mass is 293 g/mol. The molecule has 2 aromatic rings. The normalized spacial score (nSPS) is 10.1. The van der Waals surface area contributed by atoms with Crippen molar-refractivity contribution in [2.75, 3.05) is 6.54 Å². The first-order valence-corrected chi connectivity index (χ1v) is 6.77. The smallest absolute Gasteiger partial charge is 0.254 e. The number of benzene rings is 1. The van der Waals surface area contributed by atoms with E-state index < -0.39 is 11.7 Å². The molecular weight excluding hydrogens is 281 g/mol. The topological polar surface area (TPSA) is 71.1 Å². The average molecular weight is 293 g/mol. The van der Waals surface area contributed by atoms with Crippen LogP contribution in [0.2, 0.25) is 0 Å². The number of carbonyl (C=O) groups excluding carboxylic acids is 2. The highest BCUT2D eigenvalue weighted by atomic mass is 32.1. The van der Waals surface area contributed by atoms with Gasteiger partial charge in [0.2, 0.25) is 5.91 Å². The summed E-state index contributed by atoms with van der Waals surface area (Å²) in [5.41, 5.74) is 2.34. The predicted octanol–water partition coefficient (Wildman–Crippen LogP) is 1.33. The van der Waals surface area contributed by atoms with Crippen LogP contribution in [0.5, 0.6) is 0 Å². The van der Waals surface area contributed by atoms with Crippen LogP contribution in [0.3, 0.4) is 0 Å². The first kappa shape index (κ1) is 14.1. The first-order valence-electron chi connectivity index (χ1n) is 5.83. The Kier molecular flexibility index (Phi) is 4.78. The van der Waals surface area contributed by atoms with Gasteiger partial charge in [0.05, 0.1) is 29.9 Å². The van der Waals surface area contributed by atoms with E-state index in [1.54, 1.807) is 11.6 Å². The van der Waals surface area contributed by atoms with Crippen molar-refractivity contribution in [3.05, 3.63) is 52.2 Å². The van der Waals surface area contributed by atoms with Crippen LogP contribution in [-0.4, -0.2) is 23.3 Å². The maximum absolute atomic E-state index is 13.3. The van der Waals surface area contributed by atoms with Crippen LogP contribution < -0.4 is 10.6 Å². The van der Waals surface area contributed by atoms with E-state index in [2.05, 4.69) is 15.6 Å². The minimum Gasteiger partial charge on any atom is -0.349 e. The molecule has 0 saturated carbocycles. The molecule has 1 aromatic heterocycles. The summed E-state index contributed by atoms with van der Waals surface area (Å²) >= 11 is 1.43. The molecule has 0 saturated heterocycles.